The van der Waals surface area contributed by atoms with Gasteiger partial charge in [0.15, 0.2) is 7.98 Å². The maximum Gasteiger partial charge on any atom is 0.182 e. The molecule has 10 heavy (non-hydrogen) atoms. The van der Waals surface area contributed by atoms with Gasteiger partial charge in [-0.25, -0.2) is 0 Å². The highest BCUT2D eigenvalue weighted by molar-refractivity contribution is 6.04. The van der Waals surface area contributed by atoms with E-state index in [9.17, 15) is 0 Å². The maximum atomic E-state index is 5.68. The molecule has 0 amide bonds. The number of hydrogen-bond donors (Lipinski definition) is 0. The van der Waals surface area contributed by atoms with Crippen molar-refractivity contribution in [2.45, 2.75) is 25.9 Å². The van der Waals surface area contributed by atoms with Crippen LogP contribution in [0.15, 0.2) is 0 Å². The van der Waals surface area contributed by atoms with Crippen LogP contribution < -0.4 is 0 Å². The molecule has 0 bridgehead atoms. The molecule has 1 fully saturated rings. The van der Waals surface area contributed by atoms with Gasteiger partial charge in [0.1, 0.15) is 0 Å². The minimum absolute atomic E-state index is 0.591. The van der Waals surface area contributed by atoms with Crippen LogP contribution in [0.2, 0.25) is 0 Å². The van der Waals surface area contributed by atoms with Crippen molar-refractivity contribution >= 4 is 7.98 Å². The second-order valence-electron chi connectivity index (χ2n) is 3.32. The van der Waals surface area contributed by atoms with E-state index in [1.807, 2.05) is 4.81 Å². The Balaban J connectivity index is 2.49. The summed E-state index contributed by atoms with van der Waals surface area (Å²) < 4.78 is 0. The van der Waals surface area contributed by atoms with Crippen LogP contribution in [0.1, 0.15) is 13.8 Å². The average molecular weight is 138 g/mol. The van der Waals surface area contributed by atoms with Crippen LogP contribution in [-0.4, -0.2) is 49.9 Å². The van der Waals surface area contributed by atoms with Crippen molar-refractivity contribution in [2.24, 2.45) is 0 Å². The van der Waals surface area contributed by atoms with Crippen LogP contribution in [-0.2, 0) is 0 Å². The summed E-state index contributed by atoms with van der Waals surface area (Å²) >= 11 is 0. The molecule has 0 aromatic carbocycles. The summed E-state index contributed by atoms with van der Waals surface area (Å²) in [5, 5.41) is 0. The first kappa shape index (κ1) is 8.09. The third kappa shape index (κ3) is 1.52. The SMILES string of the molecule is [B]N1CC(C)N(C)C(C)C1. The molecule has 0 saturated carbocycles. The fourth-order valence-electron chi connectivity index (χ4n) is 1.45. The molecule has 1 saturated heterocycles. The Hall–Kier alpha value is -0.0151. The standard InChI is InChI=1S/C7H15BN2/c1-6-4-10(8)5-7(2)9(6)3/h6-7H,4-5H2,1-3H3. The molecule has 2 unspecified atom stereocenters. The Kier molecular flexibility index (Phi) is 2.37. The van der Waals surface area contributed by atoms with Crippen LogP contribution in [0.3, 0.4) is 0 Å². The van der Waals surface area contributed by atoms with Gasteiger partial charge in [0.2, 0.25) is 0 Å². The highest BCUT2D eigenvalue weighted by Crippen LogP contribution is 2.10. The van der Waals surface area contributed by atoms with E-state index in [2.05, 4.69) is 25.8 Å². The molecule has 2 atom stereocenters. The Morgan fingerprint density at radius 1 is 1.20 bits per heavy atom. The van der Waals surface area contributed by atoms with E-state index in [-0.39, 0.29) is 0 Å². The van der Waals surface area contributed by atoms with Gasteiger partial charge in [0, 0.05) is 25.2 Å². The van der Waals surface area contributed by atoms with Crippen LogP contribution in [0.25, 0.3) is 0 Å². The molecule has 0 aliphatic carbocycles. The van der Waals surface area contributed by atoms with Gasteiger partial charge in [-0.3, -0.25) is 4.90 Å². The number of rotatable bonds is 0. The molecule has 2 nitrogen and oxygen atoms in total. The smallest absolute Gasteiger partial charge is 0.182 e. The zero-order valence-electron chi connectivity index (χ0n) is 7.04. The molecule has 1 rings (SSSR count). The lowest BCUT2D eigenvalue weighted by Gasteiger charge is -2.41. The first-order valence-electron chi connectivity index (χ1n) is 3.83. The molecule has 0 aromatic rings. The molecule has 0 spiro atoms. The Morgan fingerprint density at radius 3 is 2.00 bits per heavy atom. The van der Waals surface area contributed by atoms with E-state index in [1.165, 1.54) is 0 Å². The summed E-state index contributed by atoms with van der Waals surface area (Å²) in [5.41, 5.74) is 0. The number of likely N-dealkylation sites (N-methyl/N-ethyl adjacent to an activating group) is 1. The van der Waals surface area contributed by atoms with Crippen molar-refractivity contribution in [1.82, 2.24) is 9.71 Å². The van der Waals surface area contributed by atoms with Crippen LogP contribution in [0.4, 0.5) is 0 Å². The molecule has 0 N–H and O–H groups in total. The molecule has 0 aromatic heterocycles. The van der Waals surface area contributed by atoms with Gasteiger partial charge in [-0.05, 0) is 20.9 Å². The summed E-state index contributed by atoms with van der Waals surface area (Å²) in [4.78, 5) is 4.26. The van der Waals surface area contributed by atoms with E-state index in [0.29, 0.717) is 12.1 Å². The Bertz CT molecular complexity index is 106. The molecule has 1 heterocycles. The lowest BCUT2D eigenvalue weighted by atomic mass is 10.1. The molecule has 2 radical (unpaired) electrons. The van der Waals surface area contributed by atoms with Crippen LogP contribution in [0, 0.1) is 0 Å². The fraction of sp³-hybridized carbons (Fsp3) is 1.00. The van der Waals surface area contributed by atoms with Crippen molar-refractivity contribution in [3.05, 3.63) is 0 Å². The van der Waals surface area contributed by atoms with Crippen molar-refractivity contribution in [3.8, 4) is 0 Å². The third-order valence-corrected chi connectivity index (χ3v) is 2.39. The van der Waals surface area contributed by atoms with Crippen molar-refractivity contribution in [3.63, 3.8) is 0 Å². The summed E-state index contributed by atoms with van der Waals surface area (Å²) in [5.74, 6) is 0. The highest BCUT2D eigenvalue weighted by Gasteiger charge is 2.23. The molecule has 1 aliphatic heterocycles. The minimum Gasteiger partial charge on any atom is -0.351 e. The second-order valence-corrected chi connectivity index (χ2v) is 3.32. The lowest BCUT2D eigenvalue weighted by Crippen LogP contribution is -2.53. The van der Waals surface area contributed by atoms with Gasteiger partial charge in [-0.2, -0.15) is 0 Å². The van der Waals surface area contributed by atoms with E-state index < -0.39 is 0 Å². The molecule has 1 aliphatic rings. The zero-order chi connectivity index (χ0) is 7.72. The van der Waals surface area contributed by atoms with E-state index in [1.54, 1.807) is 0 Å². The minimum atomic E-state index is 0.591. The topological polar surface area (TPSA) is 6.48 Å². The lowest BCUT2D eigenvalue weighted by molar-refractivity contribution is 0.107. The van der Waals surface area contributed by atoms with E-state index in [4.69, 9.17) is 7.98 Å². The highest BCUT2D eigenvalue weighted by atomic mass is 15.3. The Labute approximate surface area is 64.6 Å². The Morgan fingerprint density at radius 2 is 1.60 bits per heavy atom. The van der Waals surface area contributed by atoms with Crippen LogP contribution >= 0.6 is 0 Å². The van der Waals surface area contributed by atoms with Gasteiger partial charge in [0.05, 0.1) is 0 Å². The van der Waals surface area contributed by atoms with Crippen LogP contribution in [0.5, 0.6) is 0 Å². The first-order chi connectivity index (χ1) is 4.61. The number of hydrogen-bond acceptors (Lipinski definition) is 2. The summed E-state index contributed by atoms with van der Waals surface area (Å²) in [6, 6.07) is 1.18. The summed E-state index contributed by atoms with van der Waals surface area (Å²) in [6.07, 6.45) is 0. The molecular formula is C7H15BN2. The first-order valence-corrected chi connectivity index (χ1v) is 3.83. The predicted molar refractivity (Wildman–Crippen MR) is 44.0 cm³/mol. The maximum absolute atomic E-state index is 5.68. The third-order valence-electron chi connectivity index (χ3n) is 2.39. The summed E-state index contributed by atoms with van der Waals surface area (Å²) in [6.45, 7) is 6.38. The number of piperazine rings is 1. The van der Waals surface area contributed by atoms with Gasteiger partial charge in [0.25, 0.3) is 0 Å². The van der Waals surface area contributed by atoms with Gasteiger partial charge >= 0.3 is 0 Å². The van der Waals surface area contributed by atoms with Gasteiger partial charge in [-0.1, -0.05) is 0 Å². The van der Waals surface area contributed by atoms with E-state index >= 15 is 0 Å². The average Bonchev–Trinajstić information content (AvgIpc) is 1.82. The van der Waals surface area contributed by atoms with Gasteiger partial charge in [-0.15, -0.1) is 0 Å². The van der Waals surface area contributed by atoms with Crippen molar-refractivity contribution in [2.75, 3.05) is 20.1 Å². The monoisotopic (exact) mass is 138 g/mol. The van der Waals surface area contributed by atoms with E-state index in [0.717, 1.165) is 13.1 Å². The quantitative estimate of drug-likeness (QED) is 0.438. The number of nitrogens with zero attached hydrogens (tertiary/aromatic N) is 2. The van der Waals surface area contributed by atoms with Crippen molar-refractivity contribution < 1.29 is 0 Å². The predicted octanol–water partition coefficient (Wildman–Crippen LogP) is 0.0943. The largest absolute Gasteiger partial charge is 0.351 e. The second kappa shape index (κ2) is 2.93. The van der Waals surface area contributed by atoms with Gasteiger partial charge < -0.3 is 4.81 Å². The summed E-state index contributed by atoms with van der Waals surface area (Å²) in [7, 11) is 7.84. The molecule has 3 heteroatoms. The zero-order valence-corrected chi connectivity index (χ0v) is 7.04. The molecule has 56 valence electrons. The molecular weight excluding hydrogens is 123 g/mol. The normalized spacial score (nSPS) is 38.3. The van der Waals surface area contributed by atoms with Crippen molar-refractivity contribution in [1.29, 1.82) is 0 Å². The fourth-order valence-corrected chi connectivity index (χ4v) is 1.45.